The molecule has 0 aliphatic rings. The molecule has 1 aromatic carbocycles. The fourth-order valence-electron chi connectivity index (χ4n) is 1.50. The van der Waals surface area contributed by atoms with Gasteiger partial charge in [0.25, 0.3) is 0 Å². The van der Waals surface area contributed by atoms with Crippen LogP contribution >= 0.6 is 23.2 Å². The van der Waals surface area contributed by atoms with E-state index >= 15 is 0 Å². The van der Waals surface area contributed by atoms with Crippen LogP contribution in [-0.4, -0.2) is 28.7 Å². The van der Waals surface area contributed by atoms with Crippen molar-refractivity contribution in [1.82, 2.24) is 15.0 Å². The third kappa shape index (κ3) is 3.24. The summed E-state index contributed by atoms with van der Waals surface area (Å²) in [6.07, 6.45) is 0. The zero-order chi connectivity index (χ0) is 13.8. The smallest absolute Gasteiger partial charge is 0.321 e. The summed E-state index contributed by atoms with van der Waals surface area (Å²) in [6, 6.07) is 5.31. The van der Waals surface area contributed by atoms with E-state index in [0.717, 1.165) is 0 Å². The van der Waals surface area contributed by atoms with Gasteiger partial charge in [-0.1, -0.05) is 11.6 Å². The quantitative estimate of drug-likeness (QED) is 0.867. The van der Waals surface area contributed by atoms with Gasteiger partial charge in [-0.05, 0) is 36.7 Å². The Morgan fingerprint density at radius 3 is 2.63 bits per heavy atom. The maximum Gasteiger partial charge on any atom is 0.321 e. The summed E-state index contributed by atoms with van der Waals surface area (Å²) < 4.78 is 10.5. The number of nitrogens with zero attached hydrogens (tertiary/aromatic N) is 3. The number of rotatable bonds is 4. The number of methoxy groups -OCH3 is 1. The predicted molar refractivity (Wildman–Crippen MR) is 73.0 cm³/mol. The molecule has 0 bridgehead atoms. The lowest BCUT2D eigenvalue weighted by Crippen LogP contribution is -2.02. The van der Waals surface area contributed by atoms with Crippen LogP contribution < -0.4 is 9.47 Å². The maximum atomic E-state index is 5.97. The molecular formula is C12H11Cl2N3O2. The van der Waals surface area contributed by atoms with Crippen molar-refractivity contribution in [2.24, 2.45) is 0 Å². The van der Waals surface area contributed by atoms with Gasteiger partial charge in [-0.2, -0.15) is 15.0 Å². The number of halogens is 2. The van der Waals surface area contributed by atoms with Crippen molar-refractivity contribution in [3.8, 4) is 23.1 Å². The second-order valence-electron chi connectivity index (χ2n) is 3.49. The molecule has 5 nitrogen and oxygen atoms in total. The van der Waals surface area contributed by atoms with Crippen molar-refractivity contribution in [2.45, 2.75) is 6.92 Å². The first kappa shape index (κ1) is 13.8. The highest BCUT2D eigenvalue weighted by molar-refractivity contribution is 6.31. The molecule has 0 aliphatic carbocycles. The Balaban J connectivity index is 2.54. The van der Waals surface area contributed by atoms with Gasteiger partial charge in [0, 0.05) is 5.02 Å². The van der Waals surface area contributed by atoms with E-state index in [1.165, 1.54) is 0 Å². The fourth-order valence-corrected chi connectivity index (χ4v) is 1.83. The van der Waals surface area contributed by atoms with E-state index in [9.17, 15) is 0 Å². The molecule has 0 aliphatic heterocycles. The zero-order valence-corrected chi connectivity index (χ0v) is 11.9. The minimum absolute atomic E-state index is 0.0514. The standard InChI is InChI=1S/C12H11Cl2N3O2/c1-3-19-12-16-10(15-11(14)17-12)8-6-7(13)4-5-9(8)18-2/h4-6H,3H2,1-2H3. The van der Waals surface area contributed by atoms with Crippen molar-refractivity contribution < 1.29 is 9.47 Å². The van der Waals surface area contributed by atoms with E-state index < -0.39 is 0 Å². The van der Waals surface area contributed by atoms with Gasteiger partial charge in [0.05, 0.1) is 19.3 Å². The Labute approximate surface area is 120 Å². The first-order chi connectivity index (χ1) is 9.13. The molecule has 0 amide bonds. The predicted octanol–water partition coefficient (Wildman–Crippen LogP) is 3.25. The molecule has 0 spiro atoms. The number of hydrogen-bond acceptors (Lipinski definition) is 5. The fraction of sp³-hybridized carbons (Fsp3) is 0.250. The molecule has 7 heteroatoms. The molecule has 0 radical (unpaired) electrons. The summed E-state index contributed by atoms with van der Waals surface area (Å²) in [5.74, 6) is 0.942. The number of benzene rings is 1. The normalized spacial score (nSPS) is 10.3. The molecular weight excluding hydrogens is 289 g/mol. The van der Waals surface area contributed by atoms with Crippen LogP contribution in [0.15, 0.2) is 18.2 Å². The average molecular weight is 300 g/mol. The Hall–Kier alpha value is -1.59. The molecule has 19 heavy (non-hydrogen) atoms. The van der Waals surface area contributed by atoms with Gasteiger partial charge in [0.1, 0.15) is 5.75 Å². The summed E-state index contributed by atoms with van der Waals surface area (Å²) in [7, 11) is 1.55. The van der Waals surface area contributed by atoms with Crippen LogP contribution in [0.4, 0.5) is 0 Å². The molecule has 1 aromatic heterocycles. The zero-order valence-electron chi connectivity index (χ0n) is 10.4. The van der Waals surface area contributed by atoms with Gasteiger partial charge in [-0.25, -0.2) is 0 Å². The van der Waals surface area contributed by atoms with E-state index in [4.69, 9.17) is 32.7 Å². The Kier molecular flexibility index (Phi) is 4.39. The molecule has 0 saturated carbocycles. The lowest BCUT2D eigenvalue weighted by atomic mass is 10.2. The van der Waals surface area contributed by atoms with Crippen LogP contribution in [0.1, 0.15) is 6.92 Å². The minimum atomic E-state index is 0.0514. The molecule has 0 N–H and O–H groups in total. The summed E-state index contributed by atoms with van der Waals surface area (Å²) in [4.78, 5) is 12.1. The van der Waals surface area contributed by atoms with Gasteiger partial charge in [-0.15, -0.1) is 0 Å². The molecule has 0 saturated heterocycles. The molecule has 1 heterocycles. The van der Waals surface area contributed by atoms with Crippen LogP contribution in [0.5, 0.6) is 11.8 Å². The number of ether oxygens (including phenoxy) is 2. The van der Waals surface area contributed by atoms with Gasteiger partial charge >= 0.3 is 6.01 Å². The average Bonchev–Trinajstić information content (AvgIpc) is 2.38. The van der Waals surface area contributed by atoms with Gasteiger partial charge in [-0.3, -0.25) is 0 Å². The number of aromatic nitrogens is 3. The SMILES string of the molecule is CCOc1nc(Cl)nc(-c2cc(Cl)ccc2OC)n1. The second-order valence-corrected chi connectivity index (χ2v) is 4.26. The van der Waals surface area contributed by atoms with E-state index in [1.54, 1.807) is 25.3 Å². The summed E-state index contributed by atoms with van der Waals surface area (Å²) in [5.41, 5.74) is 0.625. The molecule has 0 unspecified atom stereocenters. The van der Waals surface area contributed by atoms with Gasteiger partial charge < -0.3 is 9.47 Å². The van der Waals surface area contributed by atoms with Crippen LogP contribution in [0.2, 0.25) is 10.3 Å². The second kappa shape index (κ2) is 6.04. The molecule has 2 aromatic rings. The third-order valence-corrected chi connectivity index (χ3v) is 2.67. The van der Waals surface area contributed by atoms with E-state index in [0.29, 0.717) is 28.8 Å². The Bertz CT molecular complexity index is 593. The molecule has 100 valence electrons. The molecule has 0 atom stereocenters. The van der Waals surface area contributed by atoms with E-state index in [2.05, 4.69) is 15.0 Å². The highest BCUT2D eigenvalue weighted by Gasteiger charge is 2.13. The Morgan fingerprint density at radius 1 is 1.16 bits per heavy atom. The van der Waals surface area contributed by atoms with Crippen molar-refractivity contribution >= 4 is 23.2 Å². The van der Waals surface area contributed by atoms with E-state index in [-0.39, 0.29) is 11.3 Å². The minimum Gasteiger partial charge on any atom is -0.496 e. The van der Waals surface area contributed by atoms with E-state index in [1.807, 2.05) is 6.92 Å². The lowest BCUT2D eigenvalue weighted by molar-refractivity contribution is 0.312. The summed E-state index contributed by atoms with van der Waals surface area (Å²) in [6.45, 7) is 2.27. The van der Waals surface area contributed by atoms with Crippen molar-refractivity contribution in [3.05, 3.63) is 28.5 Å². The lowest BCUT2D eigenvalue weighted by Gasteiger charge is -2.09. The maximum absolute atomic E-state index is 5.97. The highest BCUT2D eigenvalue weighted by Crippen LogP contribution is 2.31. The largest absolute Gasteiger partial charge is 0.496 e. The van der Waals surface area contributed by atoms with Gasteiger partial charge in [0.2, 0.25) is 5.28 Å². The van der Waals surface area contributed by atoms with Crippen LogP contribution in [0.3, 0.4) is 0 Å². The van der Waals surface area contributed by atoms with Crippen LogP contribution in [-0.2, 0) is 0 Å². The first-order valence-electron chi connectivity index (χ1n) is 5.52. The third-order valence-electron chi connectivity index (χ3n) is 2.26. The topological polar surface area (TPSA) is 57.1 Å². The summed E-state index contributed by atoms with van der Waals surface area (Å²) in [5, 5.41) is 0.598. The number of hydrogen-bond donors (Lipinski definition) is 0. The van der Waals surface area contributed by atoms with Crippen molar-refractivity contribution in [1.29, 1.82) is 0 Å². The van der Waals surface area contributed by atoms with Gasteiger partial charge in [0.15, 0.2) is 5.82 Å². The van der Waals surface area contributed by atoms with Crippen molar-refractivity contribution in [3.63, 3.8) is 0 Å². The Morgan fingerprint density at radius 2 is 1.95 bits per heavy atom. The van der Waals surface area contributed by atoms with Crippen LogP contribution in [0, 0.1) is 0 Å². The first-order valence-corrected chi connectivity index (χ1v) is 6.28. The highest BCUT2D eigenvalue weighted by atomic mass is 35.5. The molecule has 0 fully saturated rings. The van der Waals surface area contributed by atoms with Crippen molar-refractivity contribution in [2.75, 3.05) is 13.7 Å². The van der Waals surface area contributed by atoms with Crippen LogP contribution in [0.25, 0.3) is 11.4 Å². The molecule has 2 rings (SSSR count). The monoisotopic (exact) mass is 299 g/mol. The summed E-state index contributed by atoms with van der Waals surface area (Å²) >= 11 is 11.8.